The van der Waals surface area contributed by atoms with E-state index < -0.39 is 12.0 Å². The first-order valence-electron chi connectivity index (χ1n) is 15.8. The number of hydrogen-bond donors (Lipinski definition) is 0. The van der Waals surface area contributed by atoms with Crippen molar-refractivity contribution in [1.29, 1.82) is 0 Å². The Balaban J connectivity index is 1.78. The van der Waals surface area contributed by atoms with E-state index in [0.29, 0.717) is 0 Å². The fraction of sp³-hybridized carbons (Fsp3) is 0.143. The van der Waals surface area contributed by atoms with Crippen LogP contribution in [0.1, 0.15) is 33.4 Å². The van der Waals surface area contributed by atoms with Crippen LogP contribution in [-0.2, 0) is 13.8 Å². The first-order chi connectivity index (χ1) is 21.7. The summed E-state index contributed by atoms with van der Waals surface area (Å²) in [5, 5.41) is 8.77. The molecular formula is C42H44CoP2. The fourth-order valence-corrected chi connectivity index (χ4v) is 32.1. The quantitative estimate of drug-likeness (QED) is 0.143. The van der Waals surface area contributed by atoms with Crippen molar-refractivity contribution >= 4 is 43.8 Å². The molecule has 0 aromatic heterocycles. The van der Waals surface area contributed by atoms with Crippen LogP contribution in [0.3, 0.4) is 0 Å². The molecule has 0 N–H and O–H groups in total. The van der Waals surface area contributed by atoms with Gasteiger partial charge in [-0.3, -0.25) is 0 Å². The maximum absolute atomic E-state index is 2.69. The summed E-state index contributed by atoms with van der Waals surface area (Å²) >= 11 is 1.55. The Hall–Kier alpha value is -3.31. The topological polar surface area (TPSA) is 0 Å². The number of aryl methyl sites for hydroxylation is 6. The molecule has 6 aromatic carbocycles. The normalized spacial score (nSPS) is 12.7. The van der Waals surface area contributed by atoms with Crippen molar-refractivity contribution in [3.05, 3.63) is 179 Å². The summed E-state index contributed by atoms with van der Waals surface area (Å²) in [7, 11) is 0. The predicted molar refractivity (Wildman–Crippen MR) is 202 cm³/mol. The molecule has 6 rings (SSSR count). The molecule has 45 heavy (non-hydrogen) atoms. The first kappa shape index (κ1) is 31.7. The summed E-state index contributed by atoms with van der Waals surface area (Å²) in [5.74, 6) is -5.37. The van der Waals surface area contributed by atoms with Gasteiger partial charge in [0.25, 0.3) is 0 Å². The SMILES string of the molecule is Cc1ccc([PH]([Co][PH](c2ccc(C)cc2)(c2ccc(C)cc2)c2ccc(C)cc2)(c2ccc(C)cc2)c2ccc(C)cc2)cc1. The molecule has 231 valence electrons. The van der Waals surface area contributed by atoms with Crippen LogP contribution in [0, 0.1) is 41.5 Å². The van der Waals surface area contributed by atoms with E-state index in [2.05, 4.69) is 187 Å². The summed E-state index contributed by atoms with van der Waals surface area (Å²) in [6, 6.07) is 57.1. The van der Waals surface area contributed by atoms with E-state index in [9.17, 15) is 0 Å². The van der Waals surface area contributed by atoms with Crippen molar-refractivity contribution < 1.29 is 13.8 Å². The third-order valence-electron chi connectivity index (χ3n) is 8.87. The molecule has 6 aromatic rings. The van der Waals surface area contributed by atoms with Crippen LogP contribution in [0.4, 0.5) is 0 Å². The molecule has 0 nitrogen and oxygen atoms in total. The van der Waals surface area contributed by atoms with Crippen LogP contribution in [0.2, 0.25) is 0 Å². The van der Waals surface area contributed by atoms with Crippen LogP contribution < -0.4 is 31.8 Å². The minimum atomic E-state index is -2.69. The average Bonchev–Trinajstić information content (AvgIpc) is 3.05. The first-order valence-corrected chi connectivity index (χ1v) is 22.6. The van der Waals surface area contributed by atoms with Crippen molar-refractivity contribution in [1.82, 2.24) is 0 Å². The monoisotopic (exact) mass is 669 g/mol. The Morgan fingerprint density at radius 2 is 0.378 bits per heavy atom. The van der Waals surface area contributed by atoms with Gasteiger partial charge in [0.2, 0.25) is 0 Å². The maximum atomic E-state index is 2.44. The Bertz CT molecular complexity index is 1510. The molecule has 0 heterocycles. The van der Waals surface area contributed by atoms with Gasteiger partial charge in [0.05, 0.1) is 0 Å². The average molecular weight is 670 g/mol. The van der Waals surface area contributed by atoms with Crippen molar-refractivity contribution in [3.8, 4) is 0 Å². The zero-order valence-corrected chi connectivity index (χ0v) is 30.2. The van der Waals surface area contributed by atoms with Crippen molar-refractivity contribution in [3.63, 3.8) is 0 Å². The van der Waals surface area contributed by atoms with Crippen LogP contribution >= 0.6 is 12.0 Å². The van der Waals surface area contributed by atoms with Gasteiger partial charge < -0.3 is 0 Å². The second-order valence-electron chi connectivity index (χ2n) is 12.5. The summed E-state index contributed by atoms with van der Waals surface area (Å²) in [5.41, 5.74) is 7.78. The van der Waals surface area contributed by atoms with E-state index in [1.54, 1.807) is 13.8 Å². The van der Waals surface area contributed by atoms with E-state index in [-0.39, 0.29) is 0 Å². The van der Waals surface area contributed by atoms with Crippen LogP contribution in [0.5, 0.6) is 0 Å². The number of benzene rings is 6. The standard InChI is InChI=1S/2C21H21P.Co/c2*1-16-4-10-19(11-5-16)22(20-12-6-17(2)7-13-20)21-14-8-18(3)9-15-21;/h2*4-15H,1-3H3;/q;;-2/p+2. The summed E-state index contributed by atoms with van der Waals surface area (Å²) in [6.07, 6.45) is 0. The van der Waals surface area contributed by atoms with Gasteiger partial charge in [-0.05, 0) is 0 Å². The second-order valence-corrected chi connectivity index (χ2v) is 26.2. The molecule has 0 bridgehead atoms. The zero-order valence-electron chi connectivity index (χ0n) is 27.2. The molecule has 0 spiro atoms. The second kappa shape index (κ2) is 13.2. The number of rotatable bonds is 8. The van der Waals surface area contributed by atoms with E-state index in [1.165, 1.54) is 65.2 Å². The summed E-state index contributed by atoms with van der Waals surface area (Å²) in [6.45, 7) is 13.2. The van der Waals surface area contributed by atoms with Crippen molar-refractivity contribution in [2.24, 2.45) is 0 Å². The molecule has 0 aliphatic carbocycles. The molecule has 0 fully saturated rings. The Kier molecular flexibility index (Phi) is 9.28. The predicted octanol–water partition coefficient (Wildman–Crippen LogP) is 8.20. The van der Waals surface area contributed by atoms with Gasteiger partial charge in [0.15, 0.2) is 0 Å². The molecule has 3 heteroatoms. The van der Waals surface area contributed by atoms with E-state index >= 15 is 0 Å². The third-order valence-corrected chi connectivity index (χ3v) is 29.9. The fourth-order valence-electron chi connectivity index (χ4n) is 6.13. The van der Waals surface area contributed by atoms with Gasteiger partial charge in [-0.2, -0.15) is 0 Å². The van der Waals surface area contributed by atoms with E-state index in [1.807, 2.05) is 0 Å². The summed E-state index contributed by atoms with van der Waals surface area (Å²) in [4.78, 5) is 0. The molecular weight excluding hydrogens is 625 g/mol. The summed E-state index contributed by atoms with van der Waals surface area (Å²) < 4.78 is 0. The molecule has 0 saturated heterocycles. The van der Waals surface area contributed by atoms with Gasteiger partial charge in [-0.25, -0.2) is 0 Å². The van der Waals surface area contributed by atoms with E-state index in [4.69, 9.17) is 0 Å². The van der Waals surface area contributed by atoms with E-state index in [0.717, 1.165) is 0 Å². The minimum absolute atomic E-state index is 1.30. The van der Waals surface area contributed by atoms with Crippen LogP contribution in [-0.4, -0.2) is 0 Å². The molecule has 0 amide bonds. The van der Waals surface area contributed by atoms with Gasteiger partial charge in [0, 0.05) is 0 Å². The number of hydrogen-bond acceptors (Lipinski definition) is 0. The third kappa shape index (κ3) is 6.25. The molecule has 0 atom stereocenters. The molecule has 0 saturated carbocycles. The van der Waals surface area contributed by atoms with Gasteiger partial charge in [-0.1, -0.05) is 0 Å². The van der Waals surface area contributed by atoms with Gasteiger partial charge >= 0.3 is 278 Å². The molecule has 0 aliphatic rings. The van der Waals surface area contributed by atoms with Crippen molar-refractivity contribution in [2.45, 2.75) is 41.5 Å². The van der Waals surface area contributed by atoms with Crippen molar-refractivity contribution in [2.75, 3.05) is 0 Å². The Labute approximate surface area is 276 Å². The molecule has 0 aliphatic heterocycles. The zero-order chi connectivity index (χ0) is 31.6. The van der Waals surface area contributed by atoms with Crippen LogP contribution in [0.25, 0.3) is 0 Å². The Morgan fingerprint density at radius 1 is 0.244 bits per heavy atom. The van der Waals surface area contributed by atoms with Gasteiger partial charge in [-0.15, -0.1) is 0 Å². The Morgan fingerprint density at radius 3 is 0.511 bits per heavy atom. The van der Waals surface area contributed by atoms with Crippen LogP contribution in [0.15, 0.2) is 146 Å². The van der Waals surface area contributed by atoms with Gasteiger partial charge in [0.1, 0.15) is 0 Å². The molecule has 0 radical (unpaired) electrons. The molecule has 0 unspecified atom stereocenters.